The Labute approximate surface area is 103 Å². The summed E-state index contributed by atoms with van der Waals surface area (Å²) in [7, 11) is 3.55. The minimum absolute atomic E-state index is 0.151. The number of hydrogen-bond donors (Lipinski definition) is 1. The van der Waals surface area contributed by atoms with E-state index in [2.05, 4.69) is 23.4 Å². The summed E-state index contributed by atoms with van der Waals surface area (Å²) in [6.07, 6.45) is 0.534. The van der Waals surface area contributed by atoms with Crippen molar-refractivity contribution < 1.29 is 4.79 Å². The minimum atomic E-state index is 0.151. The first-order valence-electron chi connectivity index (χ1n) is 5.98. The molecule has 5 nitrogen and oxygen atoms in total. The highest BCUT2D eigenvalue weighted by Gasteiger charge is 2.05. The number of carbonyl (C=O) groups excluding carboxylic acids is 1. The molecule has 1 aromatic rings. The van der Waals surface area contributed by atoms with Gasteiger partial charge < -0.3 is 10.2 Å². The summed E-state index contributed by atoms with van der Waals surface area (Å²) >= 11 is 0. The molecule has 1 rings (SSSR count). The highest BCUT2D eigenvalue weighted by molar-refractivity contribution is 5.75. The normalized spacial score (nSPS) is 10.6. The van der Waals surface area contributed by atoms with Gasteiger partial charge in [0.25, 0.3) is 0 Å². The zero-order chi connectivity index (χ0) is 12.8. The van der Waals surface area contributed by atoms with E-state index in [1.807, 2.05) is 11.6 Å². The van der Waals surface area contributed by atoms with Crippen molar-refractivity contribution in [2.24, 2.45) is 0 Å². The van der Waals surface area contributed by atoms with Crippen LogP contribution in [0.4, 0.5) is 0 Å². The van der Waals surface area contributed by atoms with Crippen molar-refractivity contribution in [2.45, 2.75) is 33.4 Å². The van der Waals surface area contributed by atoms with Crippen LogP contribution >= 0.6 is 0 Å². The van der Waals surface area contributed by atoms with Crippen LogP contribution in [0, 0.1) is 6.92 Å². The predicted octanol–water partition coefficient (Wildman–Crippen LogP) is 0.779. The maximum atomic E-state index is 11.3. The predicted molar refractivity (Wildman–Crippen MR) is 67.7 cm³/mol. The van der Waals surface area contributed by atoms with Crippen LogP contribution in [0.15, 0.2) is 6.07 Å². The fraction of sp³-hybridized carbons (Fsp3) is 0.667. The smallest absolute Gasteiger partial charge is 0.223 e. The molecule has 0 aliphatic heterocycles. The van der Waals surface area contributed by atoms with Gasteiger partial charge in [-0.2, -0.15) is 5.10 Å². The Bertz CT molecular complexity index is 371. The first-order chi connectivity index (χ1) is 8.04. The monoisotopic (exact) mass is 238 g/mol. The van der Waals surface area contributed by atoms with Crippen molar-refractivity contribution in [2.75, 3.05) is 20.6 Å². The molecule has 0 saturated carbocycles. The van der Waals surface area contributed by atoms with Crippen LogP contribution in [0.25, 0.3) is 0 Å². The molecule has 1 heterocycles. The number of aryl methyl sites for hydroxylation is 2. The van der Waals surface area contributed by atoms with Crippen LogP contribution in [0.5, 0.6) is 0 Å². The molecule has 0 fully saturated rings. The highest BCUT2D eigenvalue weighted by Crippen LogP contribution is 2.03. The lowest BCUT2D eigenvalue weighted by atomic mass is 10.3. The van der Waals surface area contributed by atoms with Gasteiger partial charge in [-0.15, -0.1) is 0 Å². The number of hydrogen-bond acceptors (Lipinski definition) is 3. The quantitative estimate of drug-likeness (QED) is 0.745. The molecule has 0 spiro atoms. The van der Waals surface area contributed by atoms with Crippen molar-refractivity contribution in [3.8, 4) is 0 Å². The zero-order valence-corrected chi connectivity index (χ0v) is 11.2. The Balaban J connectivity index is 2.33. The van der Waals surface area contributed by atoms with E-state index < -0.39 is 0 Å². The Hall–Kier alpha value is -1.36. The second-order valence-electron chi connectivity index (χ2n) is 4.31. The second kappa shape index (κ2) is 6.39. The molecular formula is C12H22N4O. The SMILES string of the molecule is CCn1nc(C)cc1CNCCC(=O)N(C)C. The van der Waals surface area contributed by atoms with Gasteiger partial charge in [0, 0.05) is 40.2 Å². The van der Waals surface area contributed by atoms with Gasteiger partial charge in [-0.1, -0.05) is 0 Å². The van der Waals surface area contributed by atoms with Gasteiger partial charge in [0.15, 0.2) is 0 Å². The summed E-state index contributed by atoms with van der Waals surface area (Å²) in [6, 6.07) is 2.07. The Morgan fingerprint density at radius 1 is 1.53 bits per heavy atom. The highest BCUT2D eigenvalue weighted by atomic mass is 16.2. The van der Waals surface area contributed by atoms with Gasteiger partial charge in [-0.3, -0.25) is 9.48 Å². The summed E-state index contributed by atoms with van der Waals surface area (Å²) in [6.45, 7) is 6.40. The van der Waals surface area contributed by atoms with Crippen LogP contribution in [-0.4, -0.2) is 41.2 Å². The summed E-state index contributed by atoms with van der Waals surface area (Å²) in [5.41, 5.74) is 2.20. The third-order valence-corrected chi connectivity index (χ3v) is 2.61. The van der Waals surface area contributed by atoms with Gasteiger partial charge >= 0.3 is 0 Å². The van der Waals surface area contributed by atoms with Crippen LogP contribution in [0.2, 0.25) is 0 Å². The number of amides is 1. The van der Waals surface area contributed by atoms with Gasteiger partial charge in [-0.05, 0) is 19.9 Å². The summed E-state index contributed by atoms with van der Waals surface area (Å²) in [4.78, 5) is 13.0. The Morgan fingerprint density at radius 3 is 2.82 bits per heavy atom. The average Bonchev–Trinajstić information content (AvgIpc) is 2.64. The number of nitrogens with one attached hydrogen (secondary N) is 1. The van der Waals surface area contributed by atoms with E-state index in [0.717, 1.165) is 18.8 Å². The van der Waals surface area contributed by atoms with Crippen LogP contribution < -0.4 is 5.32 Å². The fourth-order valence-corrected chi connectivity index (χ4v) is 1.65. The van der Waals surface area contributed by atoms with Gasteiger partial charge in [0.1, 0.15) is 0 Å². The molecule has 1 N–H and O–H groups in total. The van der Waals surface area contributed by atoms with E-state index in [1.165, 1.54) is 5.69 Å². The zero-order valence-electron chi connectivity index (χ0n) is 11.2. The molecule has 17 heavy (non-hydrogen) atoms. The third-order valence-electron chi connectivity index (χ3n) is 2.61. The van der Waals surface area contributed by atoms with E-state index in [4.69, 9.17) is 0 Å². The molecule has 0 saturated heterocycles. The Morgan fingerprint density at radius 2 is 2.24 bits per heavy atom. The van der Waals surface area contributed by atoms with E-state index in [0.29, 0.717) is 13.0 Å². The second-order valence-corrected chi connectivity index (χ2v) is 4.31. The molecule has 1 amide bonds. The number of aromatic nitrogens is 2. The maximum Gasteiger partial charge on any atom is 0.223 e. The van der Waals surface area contributed by atoms with Crippen LogP contribution in [0.3, 0.4) is 0 Å². The van der Waals surface area contributed by atoms with E-state index in [-0.39, 0.29) is 5.91 Å². The standard InChI is InChI=1S/C12H22N4O/c1-5-16-11(8-10(2)14-16)9-13-7-6-12(17)15(3)4/h8,13H,5-7,9H2,1-4H3. The van der Waals surface area contributed by atoms with Gasteiger partial charge in [0.2, 0.25) is 5.91 Å². The topological polar surface area (TPSA) is 50.2 Å². The van der Waals surface area contributed by atoms with E-state index in [9.17, 15) is 4.79 Å². The molecule has 0 bridgehead atoms. The molecule has 0 aliphatic rings. The molecule has 96 valence electrons. The largest absolute Gasteiger partial charge is 0.349 e. The Kier molecular flexibility index (Phi) is 5.15. The molecule has 0 aromatic carbocycles. The van der Waals surface area contributed by atoms with E-state index in [1.54, 1.807) is 19.0 Å². The van der Waals surface area contributed by atoms with Crippen molar-refractivity contribution in [1.82, 2.24) is 20.0 Å². The first-order valence-corrected chi connectivity index (χ1v) is 5.98. The van der Waals surface area contributed by atoms with Crippen molar-refractivity contribution in [3.63, 3.8) is 0 Å². The molecule has 0 unspecified atom stereocenters. The molecule has 5 heteroatoms. The molecule has 0 aliphatic carbocycles. The summed E-state index contributed by atoms with van der Waals surface area (Å²) in [5, 5.41) is 7.64. The number of carbonyl (C=O) groups is 1. The molecule has 0 atom stereocenters. The van der Waals surface area contributed by atoms with Gasteiger partial charge in [0.05, 0.1) is 11.4 Å². The maximum absolute atomic E-state index is 11.3. The number of rotatable bonds is 6. The number of nitrogens with zero attached hydrogens (tertiary/aromatic N) is 3. The fourth-order valence-electron chi connectivity index (χ4n) is 1.65. The lowest BCUT2D eigenvalue weighted by Gasteiger charge is -2.10. The van der Waals surface area contributed by atoms with E-state index >= 15 is 0 Å². The summed E-state index contributed by atoms with van der Waals surface area (Å²) in [5.74, 6) is 0.151. The molecule has 0 radical (unpaired) electrons. The first kappa shape index (κ1) is 13.7. The van der Waals surface area contributed by atoms with Crippen LogP contribution in [0.1, 0.15) is 24.7 Å². The summed E-state index contributed by atoms with van der Waals surface area (Å²) < 4.78 is 1.98. The van der Waals surface area contributed by atoms with Crippen LogP contribution in [-0.2, 0) is 17.9 Å². The van der Waals surface area contributed by atoms with Gasteiger partial charge in [-0.25, -0.2) is 0 Å². The van der Waals surface area contributed by atoms with Crippen molar-refractivity contribution in [1.29, 1.82) is 0 Å². The third kappa shape index (κ3) is 4.19. The average molecular weight is 238 g/mol. The van der Waals surface area contributed by atoms with Crippen molar-refractivity contribution >= 4 is 5.91 Å². The minimum Gasteiger partial charge on any atom is -0.349 e. The van der Waals surface area contributed by atoms with Crippen molar-refractivity contribution in [3.05, 3.63) is 17.5 Å². The lowest BCUT2D eigenvalue weighted by Crippen LogP contribution is -2.27. The molecular weight excluding hydrogens is 216 g/mol. The molecule has 1 aromatic heterocycles. The lowest BCUT2D eigenvalue weighted by molar-refractivity contribution is -0.128.